The largest absolute Gasteiger partial charge is 0.465 e. The minimum atomic E-state index is -0.196. The number of aryl methyl sites for hydroxylation is 1. The summed E-state index contributed by atoms with van der Waals surface area (Å²) in [5.74, 6) is -0.349. The Balaban J connectivity index is 0.00000204. The van der Waals surface area contributed by atoms with E-state index in [0.717, 1.165) is 42.7 Å². The van der Waals surface area contributed by atoms with Crippen molar-refractivity contribution in [3.63, 3.8) is 0 Å². The molecule has 2 rings (SSSR count). The zero-order valence-corrected chi connectivity index (χ0v) is 17.5. The minimum Gasteiger partial charge on any atom is -0.465 e. The van der Waals surface area contributed by atoms with Crippen LogP contribution in [0, 0.1) is 5.92 Å². The molecule has 0 radical (unpaired) electrons. The predicted molar refractivity (Wildman–Crippen MR) is 116 cm³/mol. The molecule has 2 atom stereocenters. The summed E-state index contributed by atoms with van der Waals surface area (Å²) in [6.07, 6.45) is 4.28. The third-order valence-corrected chi connectivity index (χ3v) is 4.66. The smallest absolute Gasteiger partial charge is 0.305 e. The standard InChI is InChI=1S/C21H31N3O3.CH2O/c1-4-6-21(26)27-14-15(3)13-24(20(25)5-2)18-9-10-19-16(11-18)7-8-17(22)12-23-19;1-2/h5,9-11,15,17,23H,2,4,6-8,12-14,22H2,1,3H3;1H2/t15-,17?;/m1./s1. The van der Waals surface area contributed by atoms with E-state index < -0.39 is 0 Å². The van der Waals surface area contributed by atoms with Gasteiger partial charge in [-0.15, -0.1) is 0 Å². The molecule has 0 fully saturated rings. The molecule has 7 heteroatoms. The molecule has 1 heterocycles. The molecule has 0 saturated heterocycles. The molecule has 0 spiro atoms. The van der Waals surface area contributed by atoms with Crippen molar-refractivity contribution in [1.82, 2.24) is 0 Å². The van der Waals surface area contributed by atoms with Crippen molar-refractivity contribution in [2.75, 3.05) is 29.9 Å². The molecule has 1 aromatic rings. The number of hydrogen-bond acceptors (Lipinski definition) is 6. The van der Waals surface area contributed by atoms with E-state index >= 15 is 0 Å². The maximum Gasteiger partial charge on any atom is 0.305 e. The van der Waals surface area contributed by atoms with E-state index in [1.807, 2.05) is 38.8 Å². The van der Waals surface area contributed by atoms with Crippen LogP contribution in [0.4, 0.5) is 11.4 Å². The summed E-state index contributed by atoms with van der Waals surface area (Å²) in [6.45, 7) is 11.0. The van der Waals surface area contributed by atoms with Crippen molar-refractivity contribution < 1.29 is 19.1 Å². The average molecular weight is 404 g/mol. The summed E-state index contributed by atoms with van der Waals surface area (Å²) < 4.78 is 5.29. The van der Waals surface area contributed by atoms with Gasteiger partial charge in [0.1, 0.15) is 6.79 Å². The first kappa shape index (κ1) is 24.4. The van der Waals surface area contributed by atoms with Crippen LogP contribution in [0.15, 0.2) is 30.9 Å². The maximum absolute atomic E-state index is 12.4. The summed E-state index contributed by atoms with van der Waals surface area (Å²) in [5, 5.41) is 3.36. The highest BCUT2D eigenvalue weighted by Gasteiger charge is 2.20. The number of ether oxygens (including phenoxy) is 1. The molecule has 1 aliphatic heterocycles. The molecule has 0 bridgehead atoms. The second-order valence-corrected chi connectivity index (χ2v) is 7.21. The maximum atomic E-state index is 12.4. The lowest BCUT2D eigenvalue weighted by Crippen LogP contribution is -2.35. The minimum absolute atomic E-state index is 0.0139. The summed E-state index contributed by atoms with van der Waals surface area (Å²) in [4.78, 5) is 33.7. The van der Waals surface area contributed by atoms with Gasteiger partial charge in [0, 0.05) is 42.8 Å². The van der Waals surface area contributed by atoms with Gasteiger partial charge in [0.15, 0.2) is 0 Å². The SMILES string of the molecule is C=CC(=O)N(C[C@@H](C)COC(=O)CCC)c1ccc2c(c1)CCC(N)CN2.C=O. The lowest BCUT2D eigenvalue weighted by atomic mass is 10.0. The molecular weight excluding hydrogens is 370 g/mol. The number of anilines is 2. The Kier molecular flexibility index (Phi) is 10.7. The van der Waals surface area contributed by atoms with Gasteiger partial charge in [-0.05, 0) is 49.1 Å². The molecule has 1 amide bonds. The van der Waals surface area contributed by atoms with Crippen LogP contribution in [0.25, 0.3) is 0 Å². The lowest BCUT2D eigenvalue weighted by molar-refractivity contribution is -0.144. The average Bonchev–Trinajstić information content (AvgIpc) is 2.92. The third kappa shape index (κ3) is 7.69. The highest BCUT2D eigenvalue weighted by molar-refractivity contribution is 6.01. The highest BCUT2D eigenvalue weighted by atomic mass is 16.5. The predicted octanol–water partition coefficient (Wildman–Crippen LogP) is 2.69. The van der Waals surface area contributed by atoms with Crippen LogP contribution in [-0.4, -0.2) is 44.4 Å². The van der Waals surface area contributed by atoms with E-state index in [1.54, 1.807) is 4.90 Å². The quantitative estimate of drug-likeness (QED) is 0.511. The molecule has 1 unspecified atom stereocenters. The number of nitrogens with one attached hydrogen (secondary N) is 1. The summed E-state index contributed by atoms with van der Waals surface area (Å²) >= 11 is 0. The molecule has 29 heavy (non-hydrogen) atoms. The van der Waals surface area contributed by atoms with Crippen LogP contribution < -0.4 is 16.0 Å². The van der Waals surface area contributed by atoms with E-state index in [2.05, 4.69) is 11.9 Å². The fourth-order valence-electron chi connectivity index (χ4n) is 3.12. The molecule has 3 N–H and O–H groups in total. The van der Waals surface area contributed by atoms with Crippen molar-refractivity contribution >= 4 is 30.0 Å². The van der Waals surface area contributed by atoms with Crippen LogP contribution in [0.3, 0.4) is 0 Å². The highest BCUT2D eigenvalue weighted by Crippen LogP contribution is 2.27. The molecule has 0 aliphatic carbocycles. The number of amides is 1. The number of rotatable bonds is 8. The van der Waals surface area contributed by atoms with Gasteiger partial charge in [0.25, 0.3) is 0 Å². The zero-order valence-electron chi connectivity index (χ0n) is 17.5. The third-order valence-electron chi connectivity index (χ3n) is 4.66. The Labute approximate surface area is 173 Å². The van der Waals surface area contributed by atoms with E-state index in [4.69, 9.17) is 15.3 Å². The Morgan fingerprint density at radius 3 is 2.79 bits per heavy atom. The van der Waals surface area contributed by atoms with Gasteiger partial charge in [0.2, 0.25) is 5.91 Å². The number of nitrogens with zero attached hydrogens (tertiary/aromatic N) is 1. The summed E-state index contributed by atoms with van der Waals surface area (Å²) in [5.41, 5.74) is 9.09. The number of benzene rings is 1. The van der Waals surface area contributed by atoms with E-state index in [-0.39, 0.29) is 23.8 Å². The van der Waals surface area contributed by atoms with Gasteiger partial charge in [-0.1, -0.05) is 20.4 Å². The first-order chi connectivity index (χ1) is 13.9. The number of esters is 1. The van der Waals surface area contributed by atoms with Crippen LogP contribution in [-0.2, 0) is 25.5 Å². The van der Waals surface area contributed by atoms with Crippen molar-refractivity contribution in [3.05, 3.63) is 36.4 Å². The van der Waals surface area contributed by atoms with Gasteiger partial charge in [0.05, 0.1) is 6.61 Å². The Hall–Kier alpha value is -2.67. The monoisotopic (exact) mass is 403 g/mol. The number of carbonyl (C=O) groups is 3. The van der Waals surface area contributed by atoms with Crippen LogP contribution in [0.1, 0.15) is 38.7 Å². The van der Waals surface area contributed by atoms with Crippen LogP contribution in [0.5, 0.6) is 0 Å². The molecule has 7 nitrogen and oxygen atoms in total. The normalized spacial score (nSPS) is 16.0. The van der Waals surface area contributed by atoms with Crippen LogP contribution in [0.2, 0.25) is 0 Å². The van der Waals surface area contributed by atoms with Crippen molar-refractivity contribution in [3.8, 4) is 0 Å². The second-order valence-electron chi connectivity index (χ2n) is 7.21. The summed E-state index contributed by atoms with van der Waals surface area (Å²) in [6, 6.07) is 6.10. The first-order valence-corrected chi connectivity index (χ1v) is 9.95. The summed E-state index contributed by atoms with van der Waals surface area (Å²) in [7, 11) is 0. The lowest BCUT2D eigenvalue weighted by Gasteiger charge is -2.26. The second kappa shape index (κ2) is 12.7. The van der Waals surface area contributed by atoms with Gasteiger partial charge in [-0.2, -0.15) is 0 Å². The molecule has 1 aliphatic rings. The first-order valence-electron chi connectivity index (χ1n) is 9.95. The topological polar surface area (TPSA) is 102 Å². The fraction of sp³-hybridized carbons (Fsp3) is 0.500. The number of fused-ring (bicyclic) bond motifs is 1. The van der Waals surface area contributed by atoms with E-state index in [0.29, 0.717) is 19.6 Å². The Bertz CT molecular complexity index is 693. The molecule has 0 aromatic heterocycles. The molecule has 1 aromatic carbocycles. The van der Waals surface area contributed by atoms with Gasteiger partial charge in [-0.3, -0.25) is 9.59 Å². The molecular formula is C22H33N3O4. The van der Waals surface area contributed by atoms with Crippen molar-refractivity contribution in [1.29, 1.82) is 0 Å². The number of carbonyl (C=O) groups excluding carboxylic acids is 3. The van der Waals surface area contributed by atoms with Gasteiger partial charge >= 0.3 is 5.97 Å². The molecule has 0 saturated carbocycles. The van der Waals surface area contributed by atoms with E-state index in [9.17, 15) is 9.59 Å². The van der Waals surface area contributed by atoms with Gasteiger partial charge in [-0.25, -0.2) is 0 Å². The van der Waals surface area contributed by atoms with Gasteiger partial charge < -0.3 is 25.5 Å². The number of hydrogen-bond donors (Lipinski definition) is 2. The van der Waals surface area contributed by atoms with E-state index in [1.165, 1.54) is 6.08 Å². The fourth-order valence-corrected chi connectivity index (χ4v) is 3.12. The molecule has 160 valence electrons. The van der Waals surface area contributed by atoms with Crippen molar-refractivity contribution in [2.45, 2.75) is 45.6 Å². The van der Waals surface area contributed by atoms with Crippen molar-refractivity contribution in [2.24, 2.45) is 11.7 Å². The number of nitrogens with two attached hydrogens (primary N) is 1. The zero-order chi connectivity index (χ0) is 21.8. The Morgan fingerprint density at radius 1 is 1.41 bits per heavy atom. The Morgan fingerprint density at radius 2 is 2.14 bits per heavy atom. The van der Waals surface area contributed by atoms with Crippen LogP contribution >= 0.6 is 0 Å².